The van der Waals surface area contributed by atoms with Gasteiger partial charge in [0.2, 0.25) is 0 Å². The lowest BCUT2D eigenvalue weighted by Crippen LogP contribution is -2.28. The molecule has 2 N–H and O–H groups in total. The first kappa shape index (κ1) is 10.9. The number of rotatable bonds is 3. The second kappa shape index (κ2) is 3.76. The first-order chi connectivity index (χ1) is 7.07. The molecule has 1 saturated carbocycles. The molecule has 0 radical (unpaired) electrons. The molecule has 1 nitrogen and oxygen atoms in total. The Morgan fingerprint density at radius 3 is 2.87 bits per heavy atom. The van der Waals surface area contributed by atoms with Crippen molar-refractivity contribution in [2.75, 3.05) is 0 Å². The van der Waals surface area contributed by atoms with E-state index in [1.807, 2.05) is 0 Å². The fourth-order valence-corrected chi connectivity index (χ4v) is 2.43. The Hall–Kier alpha value is -0.600. The third-order valence-corrected chi connectivity index (χ3v) is 3.69. The maximum absolute atomic E-state index is 13.5. The maximum atomic E-state index is 13.5. The van der Waals surface area contributed by atoms with Gasteiger partial charge < -0.3 is 5.73 Å². The first-order valence-corrected chi connectivity index (χ1v) is 5.66. The maximum Gasteiger partial charge on any atom is 0.127 e. The summed E-state index contributed by atoms with van der Waals surface area (Å²) in [6.07, 6.45) is 2.59. The van der Waals surface area contributed by atoms with Crippen molar-refractivity contribution in [1.82, 2.24) is 0 Å². The molecule has 0 spiro atoms. The lowest BCUT2D eigenvalue weighted by Gasteiger charge is -2.13. The average Bonchev–Trinajstić information content (AvgIpc) is 2.84. The van der Waals surface area contributed by atoms with E-state index in [-0.39, 0.29) is 11.4 Å². The van der Waals surface area contributed by atoms with Gasteiger partial charge in [-0.2, -0.15) is 0 Å². The average molecular weight is 228 g/mol. The summed E-state index contributed by atoms with van der Waals surface area (Å²) in [4.78, 5) is 0. The minimum absolute atomic E-state index is 0.222. The Morgan fingerprint density at radius 1 is 1.60 bits per heavy atom. The highest BCUT2D eigenvalue weighted by molar-refractivity contribution is 6.31. The summed E-state index contributed by atoms with van der Waals surface area (Å²) in [5.74, 6) is 0.280. The number of hydrogen-bond acceptors (Lipinski definition) is 1. The van der Waals surface area contributed by atoms with Crippen LogP contribution in [0.4, 0.5) is 4.39 Å². The zero-order chi connectivity index (χ0) is 11.1. The second-order valence-electron chi connectivity index (χ2n) is 4.42. The Morgan fingerprint density at radius 2 is 2.33 bits per heavy atom. The summed E-state index contributed by atoms with van der Waals surface area (Å²) >= 11 is 5.96. The second-order valence-corrected chi connectivity index (χ2v) is 4.83. The number of hydrogen-bond donors (Lipinski definition) is 1. The van der Waals surface area contributed by atoms with Gasteiger partial charge in [-0.3, -0.25) is 0 Å². The molecular weight excluding hydrogens is 213 g/mol. The van der Waals surface area contributed by atoms with Gasteiger partial charge in [-0.1, -0.05) is 31.0 Å². The zero-order valence-corrected chi connectivity index (χ0v) is 9.52. The Bertz CT molecular complexity index is 360. The van der Waals surface area contributed by atoms with Crippen LogP contribution in [-0.4, -0.2) is 5.54 Å². The molecule has 82 valence electrons. The van der Waals surface area contributed by atoms with Gasteiger partial charge in [0.1, 0.15) is 5.82 Å². The van der Waals surface area contributed by atoms with E-state index in [1.165, 1.54) is 6.07 Å². The molecule has 0 heterocycles. The van der Waals surface area contributed by atoms with Crippen LogP contribution in [0.15, 0.2) is 18.2 Å². The normalized spacial score (nSPS) is 29.2. The Balaban J connectivity index is 2.19. The van der Waals surface area contributed by atoms with Crippen molar-refractivity contribution in [1.29, 1.82) is 0 Å². The van der Waals surface area contributed by atoms with Gasteiger partial charge in [-0.05, 0) is 30.9 Å². The van der Waals surface area contributed by atoms with Gasteiger partial charge in [0.15, 0.2) is 0 Å². The summed E-state index contributed by atoms with van der Waals surface area (Å²) in [6.45, 7) is 2.11. The summed E-state index contributed by atoms with van der Waals surface area (Å²) in [7, 11) is 0. The van der Waals surface area contributed by atoms with E-state index >= 15 is 0 Å². The Labute approximate surface area is 94.4 Å². The quantitative estimate of drug-likeness (QED) is 0.844. The number of halogens is 2. The van der Waals surface area contributed by atoms with Crippen LogP contribution in [0.3, 0.4) is 0 Å². The van der Waals surface area contributed by atoms with E-state index in [0.717, 1.165) is 12.8 Å². The van der Waals surface area contributed by atoms with Crippen molar-refractivity contribution in [2.45, 2.75) is 31.7 Å². The molecule has 3 heteroatoms. The van der Waals surface area contributed by atoms with Gasteiger partial charge in [-0.15, -0.1) is 0 Å². The molecule has 0 amide bonds. The van der Waals surface area contributed by atoms with E-state index in [4.69, 9.17) is 17.3 Å². The van der Waals surface area contributed by atoms with Crippen LogP contribution in [0.2, 0.25) is 5.02 Å². The largest absolute Gasteiger partial charge is 0.325 e. The van der Waals surface area contributed by atoms with Crippen LogP contribution in [-0.2, 0) is 6.42 Å². The van der Waals surface area contributed by atoms with Gasteiger partial charge >= 0.3 is 0 Å². The molecule has 0 aliphatic heterocycles. The number of nitrogens with two attached hydrogens (primary N) is 1. The summed E-state index contributed by atoms with van der Waals surface area (Å²) < 4.78 is 13.5. The van der Waals surface area contributed by atoms with Crippen LogP contribution < -0.4 is 5.73 Å². The topological polar surface area (TPSA) is 26.0 Å². The molecule has 1 aliphatic rings. The SMILES string of the molecule is CCC1CC1(N)Cc1c(F)cccc1Cl. The van der Waals surface area contributed by atoms with E-state index in [0.29, 0.717) is 22.9 Å². The van der Waals surface area contributed by atoms with Gasteiger partial charge in [0.25, 0.3) is 0 Å². The smallest absolute Gasteiger partial charge is 0.127 e. The van der Waals surface area contributed by atoms with Crippen LogP contribution in [0.1, 0.15) is 25.3 Å². The van der Waals surface area contributed by atoms with Crippen molar-refractivity contribution >= 4 is 11.6 Å². The van der Waals surface area contributed by atoms with Crippen molar-refractivity contribution in [3.63, 3.8) is 0 Å². The van der Waals surface area contributed by atoms with Crippen molar-refractivity contribution in [2.24, 2.45) is 11.7 Å². The molecule has 1 aromatic carbocycles. The molecule has 2 atom stereocenters. The highest BCUT2D eigenvalue weighted by Gasteiger charge is 2.49. The van der Waals surface area contributed by atoms with Crippen LogP contribution in [0.25, 0.3) is 0 Å². The number of benzene rings is 1. The third kappa shape index (κ3) is 2.01. The van der Waals surface area contributed by atoms with Gasteiger partial charge in [-0.25, -0.2) is 4.39 Å². The van der Waals surface area contributed by atoms with Gasteiger partial charge in [0.05, 0.1) is 0 Å². The molecule has 0 aromatic heterocycles. The Kier molecular flexibility index (Phi) is 2.73. The molecule has 1 aliphatic carbocycles. The van der Waals surface area contributed by atoms with E-state index < -0.39 is 0 Å². The standard InChI is InChI=1S/C12H15ClFN/c1-2-8-6-12(8,15)7-9-10(13)4-3-5-11(9)14/h3-5,8H,2,6-7,15H2,1H3. The third-order valence-electron chi connectivity index (χ3n) is 3.34. The summed E-state index contributed by atoms with van der Waals surface area (Å²) in [5, 5.41) is 0.488. The van der Waals surface area contributed by atoms with Crippen LogP contribution >= 0.6 is 11.6 Å². The van der Waals surface area contributed by atoms with Crippen LogP contribution in [0, 0.1) is 11.7 Å². The minimum Gasteiger partial charge on any atom is -0.325 e. The zero-order valence-electron chi connectivity index (χ0n) is 8.76. The van der Waals surface area contributed by atoms with Gasteiger partial charge in [0, 0.05) is 16.1 Å². The molecule has 1 fully saturated rings. The highest BCUT2D eigenvalue weighted by atomic mass is 35.5. The summed E-state index contributed by atoms with van der Waals surface area (Å²) in [5.41, 5.74) is 6.49. The molecular formula is C12H15ClFN. The monoisotopic (exact) mass is 227 g/mol. The fourth-order valence-electron chi connectivity index (χ4n) is 2.20. The molecule has 2 rings (SSSR count). The lowest BCUT2D eigenvalue weighted by molar-refractivity contribution is 0.547. The predicted molar refractivity (Wildman–Crippen MR) is 60.4 cm³/mol. The molecule has 2 unspecified atom stereocenters. The fraction of sp³-hybridized carbons (Fsp3) is 0.500. The van der Waals surface area contributed by atoms with E-state index in [2.05, 4.69) is 6.92 Å². The summed E-state index contributed by atoms with van der Waals surface area (Å²) in [6, 6.07) is 4.77. The minimum atomic E-state index is -0.242. The van der Waals surface area contributed by atoms with Crippen molar-refractivity contribution in [3.05, 3.63) is 34.6 Å². The lowest BCUT2D eigenvalue weighted by atomic mass is 10.0. The van der Waals surface area contributed by atoms with Crippen LogP contribution in [0.5, 0.6) is 0 Å². The predicted octanol–water partition coefficient (Wildman–Crippen LogP) is 3.15. The van der Waals surface area contributed by atoms with Crippen molar-refractivity contribution in [3.8, 4) is 0 Å². The molecule has 0 saturated heterocycles. The van der Waals surface area contributed by atoms with E-state index in [9.17, 15) is 4.39 Å². The molecule has 1 aromatic rings. The molecule has 15 heavy (non-hydrogen) atoms. The van der Waals surface area contributed by atoms with Crippen molar-refractivity contribution < 1.29 is 4.39 Å². The highest BCUT2D eigenvalue weighted by Crippen LogP contribution is 2.46. The first-order valence-electron chi connectivity index (χ1n) is 5.28. The molecule has 0 bridgehead atoms. The van der Waals surface area contributed by atoms with E-state index in [1.54, 1.807) is 12.1 Å².